The second kappa shape index (κ2) is 6.48. The van der Waals surface area contributed by atoms with Crippen LogP contribution in [0.25, 0.3) is 0 Å². The van der Waals surface area contributed by atoms with E-state index in [-0.39, 0.29) is 23.5 Å². The maximum Gasteiger partial charge on any atom is 0.387 e. The minimum atomic E-state index is -2.95. The summed E-state index contributed by atoms with van der Waals surface area (Å²) < 4.78 is 29.2. The molecule has 0 aliphatic carbocycles. The first-order chi connectivity index (χ1) is 9.99. The fourth-order valence-corrected chi connectivity index (χ4v) is 2.28. The van der Waals surface area contributed by atoms with E-state index >= 15 is 0 Å². The summed E-state index contributed by atoms with van der Waals surface area (Å²) in [4.78, 5) is 12.4. The van der Waals surface area contributed by atoms with Crippen molar-refractivity contribution in [1.29, 1.82) is 0 Å². The molecule has 2 nitrogen and oxygen atoms in total. The van der Waals surface area contributed by atoms with Gasteiger partial charge in [-0.05, 0) is 42.7 Å². The largest absolute Gasteiger partial charge is 0.434 e. The third-order valence-electron chi connectivity index (χ3n) is 3.39. The summed E-state index contributed by atoms with van der Waals surface area (Å²) >= 11 is 0. The van der Waals surface area contributed by atoms with Crippen LogP contribution in [0.5, 0.6) is 5.75 Å². The van der Waals surface area contributed by atoms with Crippen LogP contribution in [0.3, 0.4) is 0 Å². The number of carbonyl (C=O) groups is 1. The van der Waals surface area contributed by atoms with Crippen molar-refractivity contribution in [2.75, 3.05) is 0 Å². The lowest BCUT2D eigenvalue weighted by Gasteiger charge is -2.12. The van der Waals surface area contributed by atoms with Gasteiger partial charge in [-0.25, -0.2) is 0 Å². The second-order valence-electron chi connectivity index (χ2n) is 4.84. The highest BCUT2D eigenvalue weighted by atomic mass is 19.3. The minimum Gasteiger partial charge on any atom is -0.434 e. The van der Waals surface area contributed by atoms with Gasteiger partial charge in [0.25, 0.3) is 0 Å². The maximum atomic E-state index is 12.4. The lowest BCUT2D eigenvalue weighted by Crippen LogP contribution is -2.11. The SMILES string of the molecule is Cc1cccc(C)c1CC(=O)c1ccccc1OC(F)F. The van der Waals surface area contributed by atoms with E-state index in [1.807, 2.05) is 32.0 Å². The number of benzene rings is 2. The van der Waals surface area contributed by atoms with Crippen LogP contribution in [0.4, 0.5) is 8.78 Å². The first-order valence-corrected chi connectivity index (χ1v) is 6.61. The van der Waals surface area contributed by atoms with Crippen LogP contribution in [-0.4, -0.2) is 12.4 Å². The lowest BCUT2D eigenvalue weighted by molar-refractivity contribution is -0.0501. The summed E-state index contributed by atoms with van der Waals surface area (Å²) in [6.45, 7) is 0.910. The van der Waals surface area contributed by atoms with E-state index in [1.165, 1.54) is 12.1 Å². The van der Waals surface area contributed by atoms with Crippen molar-refractivity contribution in [3.8, 4) is 5.75 Å². The van der Waals surface area contributed by atoms with Crippen LogP contribution < -0.4 is 4.74 Å². The Labute approximate surface area is 122 Å². The molecule has 0 amide bonds. The molecule has 0 saturated carbocycles. The van der Waals surface area contributed by atoms with Crippen molar-refractivity contribution in [1.82, 2.24) is 0 Å². The van der Waals surface area contributed by atoms with Gasteiger partial charge in [0.15, 0.2) is 5.78 Å². The fraction of sp³-hybridized carbons (Fsp3) is 0.235. The summed E-state index contributed by atoms with van der Waals surface area (Å²) in [7, 11) is 0. The number of ether oxygens (including phenoxy) is 1. The van der Waals surface area contributed by atoms with Gasteiger partial charge < -0.3 is 4.74 Å². The van der Waals surface area contributed by atoms with Gasteiger partial charge in [0.2, 0.25) is 0 Å². The summed E-state index contributed by atoms with van der Waals surface area (Å²) in [5, 5.41) is 0. The molecule has 0 fully saturated rings. The van der Waals surface area contributed by atoms with Crippen molar-refractivity contribution >= 4 is 5.78 Å². The van der Waals surface area contributed by atoms with Gasteiger partial charge >= 0.3 is 6.61 Å². The van der Waals surface area contributed by atoms with Crippen molar-refractivity contribution in [2.45, 2.75) is 26.9 Å². The monoisotopic (exact) mass is 290 g/mol. The zero-order valence-corrected chi connectivity index (χ0v) is 11.9. The fourth-order valence-electron chi connectivity index (χ4n) is 2.28. The number of ketones is 1. The molecule has 110 valence electrons. The average molecular weight is 290 g/mol. The topological polar surface area (TPSA) is 26.3 Å². The molecule has 0 bridgehead atoms. The average Bonchev–Trinajstić information content (AvgIpc) is 2.43. The van der Waals surface area contributed by atoms with E-state index in [0.717, 1.165) is 16.7 Å². The Balaban J connectivity index is 2.29. The predicted octanol–water partition coefficient (Wildman–Crippen LogP) is 4.33. The summed E-state index contributed by atoms with van der Waals surface area (Å²) in [6, 6.07) is 11.9. The minimum absolute atomic E-state index is 0.0799. The van der Waals surface area contributed by atoms with E-state index in [4.69, 9.17) is 0 Å². The highest BCUT2D eigenvalue weighted by molar-refractivity contribution is 6.00. The van der Waals surface area contributed by atoms with Crippen LogP contribution >= 0.6 is 0 Å². The van der Waals surface area contributed by atoms with E-state index in [0.29, 0.717) is 0 Å². The molecule has 0 unspecified atom stereocenters. The zero-order valence-electron chi connectivity index (χ0n) is 11.9. The summed E-state index contributed by atoms with van der Waals surface area (Å²) in [5.74, 6) is -0.313. The number of carbonyl (C=O) groups excluding carboxylic acids is 1. The Kier molecular flexibility index (Phi) is 4.68. The molecule has 0 radical (unpaired) electrons. The Bertz CT molecular complexity index is 631. The number of Topliss-reactive ketones (excluding diaryl/α,β-unsaturated/α-hetero) is 1. The normalized spacial score (nSPS) is 10.7. The molecule has 0 aromatic heterocycles. The van der Waals surface area contributed by atoms with Gasteiger partial charge in [-0.1, -0.05) is 30.3 Å². The molecule has 0 saturated heterocycles. The Morgan fingerprint density at radius 2 is 1.67 bits per heavy atom. The summed E-state index contributed by atoms with van der Waals surface area (Å²) in [5.41, 5.74) is 3.13. The third kappa shape index (κ3) is 3.66. The van der Waals surface area contributed by atoms with Crippen molar-refractivity contribution in [2.24, 2.45) is 0 Å². The number of alkyl halides is 2. The Hall–Kier alpha value is -2.23. The van der Waals surface area contributed by atoms with E-state index in [9.17, 15) is 13.6 Å². The molecule has 0 aliphatic heterocycles. The third-order valence-corrected chi connectivity index (χ3v) is 3.39. The van der Waals surface area contributed by atoms with E-state index < -0.39 is 6.61 Å². The molecule has 4 heteroatoms. The van der Waals surface area contributed by atoms with Gasteiger partial charge in [-0.3, -0.25) is 4.79 Å². The number of halogens is 2. The number of para-hydroxylation sites is 1. The first kappa shape index (κ1) is 15.2. The maximum absolute atomic E-state index is 12.4. The standard InChI is InChI=1S/C17H16F2O2/c1-11-6-5-7-12(2)14(11)10-15(20)13-8-3-4-9-16(13)21-17(18)19/h3-9,17H,10H2,1-2H3. The van der Waals surface area contributed by atoms with Gasteiger partial charge in [0.1, 0.15) is 5.75 Å². The predicted molar refractivity (Wildman–Crippen MR) is 77.0 cm³/mol. The number of rotatable bonds is 5. The highest BCUT2D eigenvalue weighted by Gasteiger charge is 2.17. The lowest BCUT2D eigenvalue weighted by atomic mass is 9.95. The summed E-state index contributed by atoms with van der Waals surface area (Å²) in [6.07, 6.45) is 0.169. The van der Waals surface area contributed by atoms with E-state index in [2.05, 4.69) is 4.74 Å². The molecule has 0 heterocycles. The molecule has 2 rings (SSSR count). The van der Waals surface area contributed by atoms with Gasteiger partial charge in [0, 0.05) is 6.42 Å². The second-order valence-corrected chi connectivity index (χ2v) is 4.84. The number of hydrogen-bond acceptors (Lipinski definition) is 2. The van der Waals surface area contributed by atoms with Gasteiger partial charge in [-0.2, -0.15) is 8.78 Å². The molecule has 2 aromatic carbocycles. The van der Waals surface area contributed by atoms with Crippen LogP contribution in [-0.2, 0) is 6.42 Å². The van der Waals surface area contributed by atoms with Crippen molar-refractivity contribution in [3.63, 3.8) is 0 Å². The smallest absolute Gasteiger partial charge is 0.387 e. The van der Waals surface area contributed by atoms with Crippen molar-refractivity contribution < 1.29 is 18.3 Å². The zero-order chi connectivity index (χ0) is 15.4. The number of aryl methyl sites for hydroxylation is 2. The molecular weight excluding hydrogens is 274 g/mol. The van der Waals surface area contributed by atoms with Crippen LogP contribution in [0, 0.1) is 13.8 Å². The van der Waals surface area contributed by atoms with Gasteiger partial charge in [0.05, 0.1) is 5.56 Å². The van der Waals surface area contributed by atoms with Gasteiger partial charge in [-0.15, -0.1) is 0 Å². The van der Waals surface area contributed by atoms with Crippen molar-refractivity contribution in [3.05, 3.63) is 64.7 Å². The first-order valence-electron chi connectivity index (χ1n) is 6.61. The molecular formula is C17H16F2O2. The van der Waals surface area contributed by atoms with Crippen LogP contribution in [0.2, 0.25) is 0 Å². The van der Waals surface area contributed by atoms with Crippen LogP contribution in [0.1, 0.15) is 27.0 Å². The van der Waals surface area contributed by atoms with Crippen LogP contribution in [0.15, 0.2) is 42.5 Å². The molecule has 0 aliphatic rings. The Morgan fingerprint density at radius 1 is 1.05 bits per heavy atom. The van der Waals surface area contributed by atoms with E-state index in [1.54, 1.807) is 12.1 Å². The molecule has 21 heavy (non-hydrogen) atoms. The molecule has 2 aromatic rings. The molecule has 0 spiro atoms. The number of hydrogen-bond donors (Lipinski definition) is 0. The molecule has 0 atom stereocenters. The Morgan fingerprint density at radius 3 is 2.29 bits per heavy atom. The molecule has 0 N–H and O–H groups in total. The quantitative estimate of drug-likeness (QED) is 0.766. The highest BCUT2D eigenvalue weighted by Crippen LogP contribution is 2.23.